The standard InChI is InChI=1S/C21H25N7O3/c1-28(2)21(30)15(6-7-31-3)26-16-8-14(10-23-17(16)9-22)18-11-25-19(12-24-18)27-20(29)13-4-5-13/h8,10-13,15,26H,4-7H2,1-3H3,(H,25,27,29)/t15-/m0/s1. The fourth-order valence-electron chi connectivity index (χ4n) is 2.91. The SMILES string of the molecule is COCC[C@H](Nc1cc(-c2cnc(NC(=O)C3CC3)cn2)cnc1C#N)C(=O)N(C)C. The van der Waals surface area contributed by atoms with Crippen LogP contribution in [0.25, 0.3) is 11.3 Å². The summed E-state index contributed by atoms with van der Waals surface area (Å²) in [5, 5.41) is 15.3. The van der Waals surface area contributed by atoms with Crippen molar-refractivity contribution in [2.75, 3.05) is 38.4 Å². The molecule has 1 fully saturated rings. The van der Waals surface area contributed by atoms with Crippen LogP contribution in [0.15, 0.2) is 24.7 Å². The number of amides is 2. The van der Waals surface area contributed by atoms with Gasteiger partial charge >= 0.3 is 0 Å². The molecule has 3 rings (SSSR count). The van der Waals surface area contributed by atoms with Crippen molar-refractivity contribution in [3.05, 3.63) is 30.4 Å². The number of rotatable bonds is 9. The van der Waals surface area contributed by atoms with Crippen molar-refractivity contribution in [3.8, 4) is 17.3 Å². The Hall–Kier alpha value is -3.58. The van der Waals surface area contributed by atoms with Crippen LogP contribution in [0.3, 0.4) is 0 Å². The number of ether oxygens (including phenoxy) is 1. The lowest BCUT2D eigenvalue weighted by Gasteiger charge is -2.23. The van der Waals surface area contributed by atoms with Crippen LogP contribution in [-0.4, -0.2) is 65.5 Å². The number of nitrogens with one attached hydrogen (secondary N) is 2. The van der Waals surface area contributed by atoms with Crippen LogP contribution >= 0.6 is 0 Å². The van der Waals surface area contributed by atoms with Gasteiger partial charge in [-0.3, -0.25) is 14.6 Å². The molecule has 162 valence electrons. The van der Waals surface area contributed by atoms with E-state index in [1.54, 1.807) is 27.3 Å². The van der Waals surface area contributed by atoms with E-state index in [-0.39, 0.29) is 23.4 Å². The second kappa shape index (κ2) is 9.95. The van der Waals surface area contributed by atoms with Gasteiger partial charge < -0.3 is 20.3 Å². The summed E-state index contributed by atoms with van der Waals surface area (Å²) >= 11 is 0. The van der Waals surface area contributed by atoms with Crippen molar-refractivity contribution in [1.82, 2.24) is 19.9 Å². The van der Waals surface area contributed by atoms with Gasteiger partial charge in [-0.25, -0.2) is 9.97 Å². The fraction of sp³-hybridized carbons (Fsp3) is 0.429. The van der Waals surface area contributed by atoms with E-state index in [0.29, 0.717) is 35.8 Å². The Morgan fingerprint density at radius 2 is 2.03 bits per heavy atom. The zero-order chi connectivity index (χ0) is 22.4. The van der Waals surface area contributed by atoms with Crippen LogP contribution in [-0.2, 0) is 14.3 Å². The lowest BCUT2D eigenvalue weighted by atomic mass is 10.1. The molecular formula is C21H25N7O3. The molecule has 2 N–H and O–H groups in total. The summed E-state index contributed by atoms with van der Waals surface area (Å²) in [7, 11) is 4.90. The summed E-state index contributed by atoms with van der Waals surface area (Å²) in [6.45, 7) is 0.381. The molecule has 1 saturated carbocycles. The zero-order valence-electron chi connectivity index (χ0n) is 17.8. The first-order chi connectivity index (χ1) is 14.9. The Morgan fingerprint density at radius 3 is 2.61 bits per heavy atom. The molecule has 10 nitrogen and oxygen atoms in total. The Bertz CT molecular complexity index is 981. The highest BCUT2D eigenvalue weighted by atomic mass is 16.5. The monoisotopic (exact) mass is 423 g/mol. The third-order valence-corrected chi connectivity index (χ3v) is 4.82. The van der Waals surface area contributed by atoms with Crippen molar-refractivity contribution in [2.24, 2.45) is 5.92 Å². The summed E-state index contributed by atoms with van der Waals surface area (Å²) in [6, 6.07) is 3.17. The van der Waals surface area contributed by atoms with Gasteiger partial charge in [-0.15, -0.1) is 0 Å². The molecule has 0 unspecified atom stereocenters. The van der Waals surface area contributed by atoms with Crippen LogP contribution in [0.4, 0.5) is 11.5 Å². The Labute approximate surface area is 180 Å². The highest BCUT2D eigenvalue weighted by Crippen LogP contribution is 2.30. The summed E-state index contributed by atoms with van der Waals surface area (Å²) in [5.74, 6) is 0.286. The second-order valence-corrected chi connectivity index (χ2v) is 7.49. The quantitative estimate of drug-likeness (QED) is 0.622. The van der Waals surface area contributed by atoms with Crippen LogP contribution in [0.1, 0.15) is 25.0 Å². The first-order valence-electron chi connectivity index (χ1n) is 9.93. The van der Waals surface area contributed by atoms with E-state index in [0.717, 1.165) is 12.8 Å². The van der Waals surface area contributed by atoms with Crippen LogP contribution < -0.4 is 10.6 Å². The largest absolute Gasteiger partial charge is 0.385 e. The van der Waals surface area contributed by atoms with E-state index in [1.807, 2.05) is 6.07 Å². The predicted octanol–water partition coefficient (Wildman–Crippen LogP) is 1.66. The summed E-state index contributed by atoms with van der Waals surface area (Å²) in [5.41, 5.74) is 1.73. The first kappa shape index (κ1) is 22.1. The molecule has 0 aromatic carbocycles. The molecule has 1 aliphatic rings. The van der Waals surface area contributed by atoms with Gasteiger partial charge in [0.05, 0.1) is 23.8 Å². The highest BCUT2D eigenvalue weighted by molar-refractivity contribution is 5.93. The molecule has 2 heterocycles. The number of likely N-dealkylation sites (N-methyl/N-ethyl adjacent to an activating group) is 1. The number of hydrogen-bond donors (Lipinski definition) is 2. The summed E-state index contributed by atoms with van der Waals surface area (Å²) in [4.78, 5) is 38.7. The van der Waals surface area contributed by atoms with Crippen molar-refractivity contribution in [2.45, 2.75) is 25.3 Å². The van der Waals surface area contributed by atoms with E-state index in [1.165, 1.54) is 23.5 Å². The number of nitrogens with zero attached hydrogens (tertiary/aromatic N) is 5. The van der Waals surface area contributed by atoms with Gasteiger partial charge in [-0.05, 0) is 25.3 Å². The number of carbonyl (C=O) groups is 2. The van der Waals surface area contributed by atoms with E-state index < -0.39 is 6.04 Å². The van der Waals surface area contributed by atoms with Crippen molar-refractivity contribution in [1.29, 1.82) is 5.26 Å². The van der Waals surface area contributed by atoms with Crippen LogP contribution in [0.2, 0.25) is 0 Å². The van der Waals surface area contributed by atoms with Gasteiger partial charge in [0.2, 0.25) is 11.8 Å². The lowest BCUT2D eigenvalue weighted by Crippen LogP contribution is -2.39. The average molecular weight is 423 g/mol. The summed E-state index contributed by atoms with van der Waals surface area (Å²) in [6.07, 6.45) is 6.78. The number of anilines is 2. The van der Waals surface area contributed by atoms with E-state index >= 15 is 0 Å². The highest BCUT2D eigenvalue weighted by Gasteiger charge is 2.29. The molecule has 2 aromatic heterocycles. The zero-order valence-corrected chi connectivity index (χ0v) is 17.8. The molecule has 0 bridgehead atoms. The Balaban J connectivity index is 1.81. The molecule has 0 aliphatic heterocycles. The maximum Gasteiger partial charge on any atom is 0.244 e. The molecule has 10 heteroatoms. The molecule has 1 atom stereocenters. The molecule has 0 radical (unpaired) electrons. The summed E-state index contributed by atoms with van der Waals surface area (Å²) < 4.78 is 5.11. The molecule has 0 saturated heterocycles. The minimum atomic E-state index is -0.579. The normalized spacial score (nSPS) is 13.7. The third-order valence-electron chi connectivity index (χ3n) is 4.82. The smallest absolute Gasteiger partial charge is 0.244 e. The maximum atomic E-state index is 12.5. The van der Waals surface area contributed by atoms with Crippen LogP contribution in [0, 0.1) is 17.2 Å². The van der Waals surface area contributed by atoms with Gasteiger partial charge in [0.15, 0.2) is 11.5 Å². The maximum absolute atomic E-state index is 12.5. The minimum Gasteiger partial charge on any atom is -0.385 e. The number of nitriles is 1. The van der Waals surface area contributed by atoms with E-state index in [2.05, 4.69) is 25.6 Å². The number of carbonyl (C=O) groups excluding carboxylic acids is 2. The number of hydrogen-bond acceptors (Lipinski definition) is 8. The van der Waals surface area contributed by atoms with Gasteiger partial charge in [-0.2, -0.15) is 5.26 Å². The van der Waals surface area contributed by atoms with E-state index in [9.17, 15) is 14.9 Å². The topological polar surface area (TPSA) is 133 Å². The Morgan fingerprint density at radius 1 is 1.26 bits per heavy atom. The van der Waals surface area contributed by atoms with E-state index in [4.69, 9.17) is 4.74 Å². The molecule has 2 aromatic rings. The average Bonchev–Trinajstić information content (AvgIpc) is 3.62. The van der Waals surface area contributed by atoms with Crippen LogP contribution in [0.5, 0.6) is 0 Å². The van der Waals surface area contributed by atoms with Gasteiger partial charge in [-0.1, -0.05) is 0 Å². The van der Waals surface area contributed by atoms with Crippen molar-refractivity contribution in [3.63, 3.8) is 0 Å². The Kier molecular flexibility index (Phi) is 7.10. The second-order valence-electron chi connectivity index (χ2n) is 7.49. The lowest BCUT2D eigenvalue weighted by molar-refractivity contribution is -0.129. The molecular weight excluding hydrogens is 398 g/mol. The number of aromatic nitrogens is 3. The van der Waals surface area contributed by atoms with Crippen molar-refractivity contribution < 1.29 is 14.3 Å². The fourth-order valence-corrected chi connectivity index (χ4v) is 2.91. The molecule has 31 heavy (non-hydrogen) atoms. The minimum absolute atomic E-state index is 0.0405. The molecule has 0 spiro atoms. The predicted molar refractivity (Wildman–Crippen MR) is 114 cm³/mol. The van der Waals surface area contributed by atoms with Gasteiger partial charge in [0, 0.05) is 45.5 Å². The van der Waals surface area contributed by atoms with Crippen molar-refractivity contribution >= 4 is 23.3 Å². The molecule has 2 amide bonds. The van der Waals surface area contributed by atoms with Gasteiger partial charge in [0.25, 0.3) is 0 Å². The van der Waals surface area contributed by atoms with Gasteiger partial charge in [0.1, 0.15) is 12.1 Å². The molecule has 1 aliphatic carbocycles. The number of pyridine rings is 1. The first-order valence-corrected chi connectivity index (χ1v) is 9.93. The third kappa shape index (κ3) is 5.73. The number of methoxy groups -OCH3 is 1.